The third kappa shape index (κ3) is 2.10. The third-order valence-corrected chi connectivity index (χ3v) is 3.49. The lowest BCUT2D eigenvalue weighted by molar-refractivity contribution is 0.139. The molecular weight excluding hydrogens is 182 g/mol. The van der Waals surface area contributed by atoms with Crippen molar-refractivity contribution >= 4 is 11.3 Å². The Hall–Kier alpha value is -0.380. The summed E-state index contributed by atoms with van der Waals surface area (Å²) in [6.45, 7) is 0.927. The standard InChI is InChI=1S/C10H15NOS/c12-10-8-5-7-13-9(8)4-2-1-3-6-11-10/h5,7,10-12H,1-4,6H2. The number of hydrogen-bond donors (Lipinski definition) is 2. The SMILES string of the molecule is OC1NCCCCCc2sccc21. The molecule has 0 aliphatic carbocycles. The molecule has 0 spiro atoms. The Morgan fingerprint density at radius 1 is 1.38 bits per heavy atom. The predicted octanol–water partition coefficient (Wildman–Crippen LogP) is 2.06. The van der Waals surface area contributed by atoms with E-state index in [4.69, 9.17) is 0 Å². The van der Waals surface area contributed by atoms with E-state index in [1.807, 2.05) is 6.07 Å². The van der Waals surface area contributed by atoms with E-state index in [-0.39, 0.29) is 0 Å². The highest BCUT2D eigenvalue weighted by Crippen LogP contribution is 2.25. The lowest BCUT2D eigenvalue weighted by atomic mass is 10.1. The van der Waals surface area contributed by atoms with Gasteiger partial charge >= 0.3 is 0 Å². The highest BCUT2D eigenvalue weighted by atomic mass is 32.1. The van der Waals surface area contributed by atoms with Crippen molar-refractivity contribution in [2.24, 2.45) is 0 Å². The molecule has 1 unspecified atom stereocenters. The van der Waals surface area contributed by atoms with Gasteiger partial charge in [0.25, 0.3) is 0 Å². The Morgan fingerprint density at radius 2 is 2.31 bits per heavy atom. The molecule has 0 fully saturated rings. The van der Waals surface area contributed by atoms with Gasteiger partial charge in [-0.15, -0.1) is 11.3 Å². The first-order chi connectivity index (χ1) is 6.38. The maximum Gasteiger partial charge on any atom is 0.132 e. The van der Waals surface area contributed by atoms with Crippen molar-refractivity contribution in [2.75, 3.05) is 6.54 Å². The van der Waals surface area contributed by atoms with Crippen LogP contribution in [0.4, 0.5) is 0 Å². The smallest absolute Gasteiger partial charge is 0.132 e. The van der Waals surface area contributed by atoms with Gasteiger partial charge in [-0.1, -0.05) is 6.42 Å². The average molecular weight is 197 g/mol. The van der Waals surface area contributed by atoms with Gasteiger partial charge < -0.3 is 5.11 Å². The summed E-state index contributed by atoms with van der Waals surface area (Å²) in [6, 6.07) is 2.03. The summed E-state index contributed by atoms with van der Waals surface area (Å²) in [5, 5.41) is 15.0. The second kappa shape index (κ2) is 4.22. The van der Waals surface area contributed by atoms with Gasteiger partial charge in [0.2, 0.25) is 0 Å². The first-order valence-corrected chi connectivity index (χ1v) is 5.73. The van der Waals surface area contributed by atoms with E-state index in [9.17, 15) is 5.11 Å². The van der Waals surface area contributed by atoms with Crippen molar-refractivity contribution in [1.82, 2.24) is 5.32 Å². The zero-order valence-electron chi connectivity index (χ0n) is 7.62. The van der Waals surface area contributed by atoms with E-state index < -0.39 is 6.23 Å². The number of thiophene rings is 1. The molecule has 2 N–H and O–H groups in total. The quantitative estimate of drug-likeness (QED) is 0.667. The lowest BCUT2D eigenvalue weighted by Crippen LogP contribution is -2.21. The molecule has 0 saturated heterocycles. The number of aryl methyl sites for hydroxylation is 1. The van der Waals surface area contributed by atoms with Crippen LogP contribution in [0, 0.1) is 0 Å². The van der Waals surface area contributed by atoms with Gasteiger partial charge in [0.1, 0.15) is 6.23 Å². The van der Waals surface area contributed by atoms with Crippen molar-refractivity contribution in [3.05, 3.63) is 21.9 Å². The molecule has 0 bridgehead atoms. The van der Waals surface area contributed by atoms with Crippen LogP contribution in [0.1, 0.15) is 35.9 Å². The molecular formula is C10H15NOS. The van der Waals surface area contributed by atoms with Crippen LogP contribution in [-0.2, 0) is 6.42 Å². The molecule has 0 aromatic carbocycles. The molecule has 2 nitrogen and oxygen atoms in total. The summed E-state index contributed by atoms with van der Waals surface area (Å²) in [4.78, 5) is 1.35. The van der Waals surface area contributed by atoms with E-state index in [1.165, 1.54) is 24.1 Å². The molecule has 2 rings (SSSR count). The molecule has 1 aromatic rings. The van der Waals surface area contributed by atoms with Gasteiger partial charge in [-0.25, -0.2) is 0 Å². The Bertz CT molecular complexity index is 272. The van der Waals surface area contributed by atoms with E-state index in [1.54, 1.807) is 11.3 Å². The molecule has 0 saturated carbocycles. The zero-order chi connectivity index (χ0) is 9.10. The van der Waals surface area contributed by atoms with Gasteiger partial charge in [0.05, 0.1) is 0 Å². The lowest BCUT2D eigenvalue weighted by Gasteiger charge is -2.11. The monoisotopic (exact) mass is 197 g/mol. The van der Waals surface area contributed by atoms with E-state index >= 15 is 0 Å². The van der Waals surface area contributed by atoms with Crippen LogP contribution in [0.15, 0.2) is 11.4 Å². The fourth-order valence-electron chi connectivity index (χ4n) is 1.73. The molecule has 0 amide bonds. The predicted molar refractivity (Wildman–Crippen MR) is 54.8 cm³/mol. The topological polar surface area (TPSA) is 32.3 Å². The van der Waals surface area contributed by atoms with Gasteiger partial charge in [-0.3, -0.25) is 5.32 Å². The minimum atomic E-state index is -0.445. The first-order valence-electron chi connectivity index (χ1n) is 4.85. The number of aliphatic hydroxyl groups excluding tert-OH is 1. The third-order valence-electron chi connectivity index (χ3n) is 2.49. The van der Waals surface area contributed by atoms with Crippen LogP contribution in [0.2, 0.25) is 0 Å². The van der Waals surface area contributed by atoms with Crippen molar-refractivity contribution < 1.29 is 5.11 Å². The van der Waals surface area contributed by atoms with Crippen LogP contribution in [0.25, 0.3) is 0 Å². The molecule has 3 heteroatoms. The van der Waals surface area contributed by atoms with Gasteiger partial charge in [-0.2, -0.15) is 0 Å². The fraction of sp³-hybridized carbons (Fsp3) is 0.600. The molecule has 0 radical (unpaired) electrons. The Morgan fingerprint density at radius 3 is 3.23 bits per heavy atom. The van der Waals surface area contributed by atoms with Crippen molar-refractivity contribution in [3.63, 3.8) is 0 Å². The summed E-state index contributed by atoms with van der Waals surface area (Å²) in [5.74, 6) is 0. The van der Waals surface area contributed by atoms with Gasteiger partial charge in [0, 0.05) is 10.4 Å². The summed E-state index contributed by atoms with van der Waals surface area (Å²) in [6.07, 6.45) is 4.37. The Labute approximate surface area is 82.6 Å². The molecule has 72 valence electrons. The molecule has 1 aromatic heterocycles. The second-order valence-corrected chi connectivity index (χ2v) is 4.47. The number of fused-ring (bicyclic) bond motifs is 1. The van der Waals surface area contributed by atoms with E-state index in [0.717, 1.165) is 18.5 Å². The first kappa shape index (κ1) is 9.19. The largest absolute Gasteiger partial charge is 0.374 e. The van der Waals surface area contributed by atoms with Crippen LogP contribution >= 0.6 is 11.3 Å². The maximum atomic E-state index is 9.78. The molecule has 1 atom stereocenters. The minimum absolute atomic E-state index is 0.445. The van der Waals surface area contributed by atoms with Crippen molar-refractivity contribution in [2.45, 2.75) is 31.9 Å². The van der Waals surface area contributed by atoms with Crippen LogP contribution < -0.4 is 5.32 Å². The minimum Gasteiger partial charge on any atom is -0.374 e. The number of hydrogen-bond acceptors (Lipinski definition) is 3. The number of nitrogens with one attached hydrogen (secondary N) is 1. The summed E-state index contributed by atoms with van der Waals surface area (Å²) < 4.78 is 0. The highest BCUT2D eigenvalue weighted by Gasteiger charge is 2.13. The van der Waals surface area contributed by atoms with Crippen molar-refractivity contribution in [3.8, 4) is 0 Å². The van der Waals surface area contributed by atoms with Crippen LogP contribution in [0.5, 0.6) is 0 Å². The maximum absolute atomic E-state index is 9.78. The summed E-state index contributed by atoms with van der Waals surface area (Å²) >= 11 is 1.76. The molecule has 1 aliphatic heterocycles. The summed E-state index contributed by atoms with van der Waals surface area (Å²) in [5.41, 5.74) is 1.09. The van der Waals surface area contributed by atoms with Crippen LogP contribution in [0.3, 0.4) is 0 Å². The summed E-state index contributed by atoms with van der Waals surface area (Å²) in [7, 11) is 0. The zero-order valence-corrected chi connectivity index (χ0v) is 8.44. The average Bonchev–Trinajstić information content (AvgIpc) is 2.58. The number of aliphatic hydroxyl groups is 1. The molecule has 13 heavy (non-hydrogen) atoms. The normalized spacial score (nSPS) is 24.2. The van der Waals surface area contributed by atoms with Crippen LogP contribution in [-0.4, -0.2) is 11.7 Å². The molecule has 1 aliphatic rings. The fourth-order valence-corrected chi connectivity index (χ4v) is 2.69. The van der Waals surface area contributed by atoms with E-state index in [0.29, 0.717) is 0 Å². The highest BCUT2D eigenvalue weighted by molar-refractivity contribution is 7.10. The van der Waals surface area contributed by atoms with Crippen molar-refractivity contribution in [1.29, 1.82) is 0 Å². The van der Waals surface area contributed by atoms with Gasteiger partial charge in [0.15, 0.2) is 0 Å². The van der Waals surface area contributed by atoms with E-state index in [2.05, 4.69) is 10.7 Å². The number of rotatable bonds is 0. The Kier molecular flexibility index (Phi) is 2.98. The van der Waals surface area contributed by atoms with Gasteiger partial charge in [-0.05, 0) is 37.3 Å². The Balaban J connectivity index is 2.19. The molecule has 2 heterocycles. The second-order valence-electron chi connectivity index (χ2n) is 3.47.